The van der Waals surface area contributed by atoms with Crippen molar-refractivity contribution in [3.63, 3.8) is 0 Å². The standard InChI is InChI=1S/C34H35N3/c1-24-18-28-19-32-31(34(21-24)30(28)15-9-17-37(34)23-25-10-4-2-5-11-25)20-29(26-12-6-3-7-13-26)33(36-32)27-14-8-16-35-22-27/h2-8,10-14,16,20,22,24,28,30H,9,15,17-19,21,23H2,1H3/t24-,28+,30-,34-/m1/s1. The first-order valence-corrected chi connectivity index (χ1v) is 14.0. The highest BCUT2D eigenvalue weighted by Crippen LogP contribution is 2.59. The van der Waals surface area contributed by atoms with Crippen LogP contribution in [0.4, 0.5) is 0 Å². The van der Waals surface area contributed by atoms with Gasteiger partial charge >= 0.3 is 0 Å². The van der Waals surface area contributed by atoms with Crippen LogP contribution in [-0.4, -0.2) is 21.4 Å². The second kappa shape index (κ2) is 9.22. The normalized spacial score (nSPS) is 26.8. The number of likely N-dealkylation sites (tertiary alicyclic amines) is 1. The van der Waals surface area contributed by atoms with E-state index in [1.807, 2.05) is 18.5 Å². The molecule has 7 rings (SSSR count). The number of hydrogen-bond acceptors (Lipinski definition) is 3. The Balaban J connectivity index is 1.45. The van der Waals surface area contributed by atoms with E-state index in [1.54, 1.807) is 0 Å². The molecule has 1 saturated carbocycles. The van der Waals surface area contributed by atoms with Crippen molar-refractivity contribution in [2.24, 2.45) is 17.8 Å². The minimum atomic E-state index is 0.0635. The zero-order valence-corrected chi connectivity index (χ0v) is 21.7. The van der Waals surface area contributed by atoms with Crippen molar-refractivity contribution in [3.8, 4) is 22.4 Å². The Labute approximate surface area is 220 Å². The molecule has 2 bridgehead atoms. The van der Waals surface area contributed by atoms with Gasteiger partial charge in [0.2, 0.25) is 0 Å². The number of aromatic nitrogens is 2. The summed E-state index contributed by atoms with van der Waals surface area (Å²) >= 11 is 0. The molecule has 0 unspecified atom stereocenters. The van der Waals surface area contributed by atoms with E-state index in [0.29, 0.717) is 11.8 Å². The highest BCUT2D eigenvalue weighted by Gasteiger charge is 2.57. The van der Waals surface area contributed by atoms with Crippen molar-refractivity contribution < 1.29 is 0 Å². The van der Waals surface area contributed by atoms with E-state index >= 15 is 0 Å². The third kappa shape index (κ3) is 3.83. The maximum atomic E-state index is 5.53. The molecule has 0 radical (unpaired) electrons. The third-order valence-corrected chi connectivity index (χ3v) is 9.31. The lowest BCUT2D eigenvalue weighted by atomic mass is 9.53. The van der Waals surface area contributed by atoms with Gasteiger partial charge in [-0.05, 0) is 91.3 Å². The predicted molar refractivity (Wildman–Crippen MR) is 150 cm³/mol. The monoisotopic (exact) mass is 485 g/mol. The fourth-order valence-corrected chi connectivity index (χ4v) is 8.00. The van der Waals surface area contributed by atoms with Gasteiger partial charge in [-0.15, -0.1) is 0 Å². The average molecular weight is 486 g/mol. The predicted octanol–water partition coefficient (Wildman–Crippen LogP) is 7.52. The lowest BCUT2D eigenvalue weighted by Gasteiger charge is -2.61. The maximum absolute atomic E-state index is 5.53. The topological polar surface area (TPSA) is 29.0 Å². The van der Waals surface area contributed by atoms with Gasteiger partial charge in [-0.25, -0.2) is 0 Å². The first kappa shape index (κ1) is 22.9. The highest BCUT2D eigenvalue weighted by atomic mass is 15.2. The highest BCUT2D eigenvalue weighted by molar-refractivity contribution is 5.81. The molecule has 0 N–H and O–H groups in total. The molecular formula is C34H35N3. The Morgan fingerprint density at radius 2 is 1.73 bits per heavy atom. The van der Waals surface area contributed by atoms with Crippen LogP contribution >= 0.6 is 0 Å². The van der Waals surface area contributed by atoms with E-state index in [-0.39, 0.29) is 5.54 Å². The molecule has 1 aliphatic heterocycles. The summed E-state index contributed by atoms with van der Waals surface area (Å²) in [4.78, 5) is 12.8. The van der Waals surface area contributed by atoms with Gasteiger partial charge in [-0.1, -0.05) is 67.6 Å². The molecule has 3 aliphatic rings. The van der Waals surface area contributed by atoms with E-state index in [4.69, 9.17) is 4.98 Å². The Morgan fingerprint density at radius 1 is 0.946 bits per heavy atom. The fourth-order valence-electron chi connectivity index (χ4n) is 8.00. The molecule has 3 nitrogen and oxygen atoms in total. The molecule has 37 heavy (non-hydrogen) atoms. The van der Waals surface area contributed by atoms with E-state index in [2.05, 4.69) is 89.6 Å². The molecule has 2 aliphatic carbocycles. The van der Waals surface area contributed by atoms with Gasteiger partial charge in [-0.3, -0.25) is 14.9 Å². The third-order valence-electron chi connectivity index (χ3n) is 9.31. The first-order valence-electron chi connectivity index (χ1n) is 14.0. The second-order valence-corrected chi connectivity index (χ2v) is 11.6. The number of benzene rings is 2. The summed E-state index contributed by atoms with van der Waals surface area (Å²) < 4.78 is 0. The minimum absolute atomic E-state index is 0.0635. The number of fused-ring (bicyclic) bond motifs is 1. The Hall–Kier alpha value is -3.30. The fraction of sp³-hybridized carbons (Fsp3) is 0.353. The van der Waals surface area contributed by atoms with Crippen LogP contribution in [0, 0.1) is 17.8 Å². The SMILES string of the molecule is C[C@@H]1C[C@H]2Cc3nc(-c4cccnc4)c(-c4ccccc4)cc3[C@@]3(C1)[C@@H]2CCCN3Cc1ccccc1. The Morgan fingerprint density at radius 3 is 2.51 bits per heavy atom. The summed E-state index contributed by atoms with van der Waals surface area (Å²) in [5, 5.41) is 0. The van der Waals surface area contributed by atoms with Gasteiger partial charge in [0.1, 0.15) is 0 Å². The van der Waals surface area contributed by atoms with Crippen LogP contribution in [0.2, 0.25) is 0 Å². The second-order valence-electron chi connectivity index (χ2n) is 11.6. The van der Waals surface area contributed by atoms with E-state index in [9.17, 15) is 0 Å². The summed E-state index contributed by atoms with van der Waals surface area (Å²) in [6.07, 6.45) is 10.1. The molecule has 2 aromatic carbocycles. The summed E-state index contributed by atoms with van der Waals surface area (Å²) in [7, 11) is 0. The molecule has 186 valence electrons. The zero-order valence-electron chi connectivity index (χ0n) is 21.7. The molecule has 1 saturated heterocycles. The molecule has 2 fully saturated rings. The van der Waals surface area contributed by atoms with Crippen LogP contribution in [0.25, 0.3) is 22.4 Å². The quantitative estimate of drug-likeness (QED) is 0.299. The average Bonchev–Trinajstić information content (AvgIpc) is 2.94. The number of pyridine rings is 2. The largest absolute Gasteiger partial charge is 0.289 e. The van der Waals surface area contributed by atoms with E-state index < -0.39 is 0 Å². The summed E-state index contributed by atoms with van der Waals surface area (Å²) in [5.74, 6) is 2.15. The molecule has 3 heteroatoms. The first-order chi connectivity index (χ1) is 18.2. The number of nitrogens with zero attached hydrogens (tertiary/aromatic N) is 3. The molecule has 0 spiro atoms. The number of piperidine rings is 1. The molecule has 4 atom stereocenters. The van der Waals surface area contributed by atoms with Crippen LogP contribution in [0.15, 0.2) is 91.3 Å². The van der Waals surface area contributed by atoms with Crippen molar-refractivity contribution in [2.75, 3.05) is 6.54 Å². The molecule has 4 aromatic rings. The number of rotatable bonds is 4. The van der Waals surface area contributed by atoms with Crippen molar-refractivity contribution in [1.82, 2.24) is 14.9 Å². The lowest BCUT2D eigenvalue weighted by Crippen LogP contribution is -2.61. The van der Waals surface area contributed by atoms with E-state index in [1.165, 1.54) is 53.6 Å². The maximum Gasteiger partial charge on any atom is 0.0799 e. The van der Waals surface area contributed by atoms with Crippen molar-refractivity contribution in [3.05, 3.63) is 108 Å². The van der Waals surface area contributed by atoms with Crippen LogP contribution in [0.1, 0.15) is 49.4 Å². The van der Waals surface area contributed by atoms with Crippen molar-refractivity contribution in [2.45, 2.75) is 51.1 Å². The molecule has 3 heterocycles. The molecular weight excluding hydrogens is 450 g/mol. The van der Waals surface area contributed by atoms with Crippen molar-refractivity contribution >= 4 is 0 Å². The summed E-state index contributed by atoms with van der Waals surface area (Å²) in [5.41, 5.74) is 8.96. The van der Waals surface area contributed by atoms with Crippen LogP contribution in [0.5, 0.6) is 0 Å². The van der Waals surface area contributed by atoms with Crippen LogP contribution in [0.3, 0.4) is 0 Å². The van der Waals surface area contributed by atoms with Gasteiger partial charge in [0.05, 0.1) is 11.2 Å². The summed E-state index contributed by atoms with van der Waals surface area (Å²) in [6.45, 7) is 4.66. The van der Waals surface area contributed by atoms with Gasteiger partial charge in [-0.2, -0.15) is 0 Å². The van der Waals surface area contributed by atoms with Gasteiger partial charge in [0.25, 0.3) is 0 Å². The summed E-state index contributed by atoms with van der Waals surface area (Å²) in [6, 6.07) is 28.7. The lowest BCUT2D eigenvalue weighted by molar-refractivity contribution is -0.0967. The van der Waals surface area contributed by atoms with Gasteiger partial charge < -0.3 is 0 Å². The minimum Gasteiger partial charge on any atom is -0.289 e. The Kier molecular flexibility index (Phi) is 5.70. The zero-order chi connectivity index (χ0) is 24.8. The van der Waals surface area contributed by atoms with E-state index in [0.717, 1.165) is 36.7 Å². The van der Waals surface area contributed by atoms with Crippen molar-refractivity contribution in [1.29, 1.82) is 0 Å². The van der Waals surface area contributed by atoms with Gasteiger partial charge in [0, 0.05) is 35.8 Å². The van der Waals surface area contributed by atoms with Crippen LogP contribution in [-0.2, 0) is 18.5 Å². The number of hydrogen-bond donors (Lipinski definition) is 0. The van der Waals surface area contributed by atoms with Crippen LogP contribution < -0.4 is 0 Å². The molecule has 2 aromatic heterocycles. The molecule has 0 amide bonds. The smallest absolute Gasteiger partial charge is 0.0799 e. The Bertz CT molecular complexity index is 1390. The van der Waals surface area contributed by atoms with Gasteiger partial charge in [0.15, 0.2) is 0 Å².